The van der Waals surface area contributed by atoms with E-state index in [0.717, 1.165) is 12.8 Å². The third-order valence-corrected chi connectivity index (χ3v) is 5.83. The third kappa shape index (κ3) is 4.98. The SMILES string of the molecule is O=C(Nc1cc(Cl)ccc1O)c1ccc(S(=O)(=O)NCC2CCCO2)cc1. The molecule has 3 rings (SSSR count). The van der Waals surface area contributed by atoms with Gasteiger partial charge in [0.2, 0.25) is 10.0 Å². The maximum atomic E-state index is 12.3. The number of anilines is 1. The van der Waals surface area contributed by atoms with Gasteiger partial charge in [0, 0.05) is 23.7 Å². The molecule has 1 aliphatic heterocycles. The number of nitrogens with one attached hydrogen (secondary N) is 2. The van der Waals surface area contributed by atoms with Crippen molar-refractivity contribution >= 4 is 33.2 Å². The molecule has 0 aromatic heterocycles. The van der Waals surface area contributed by atoms with Gasteiger partial charge in [0.15, 0.2) is 0 Å². The molecule has 0 aliphatic carbocycles. The summed E-state index contributed by atoms with van der Waals surface area (Å²) in [5.74, 6) is -0.617. The molecule has 7 nitrogen and oxygen atoms in total. The van der Waals surface area contributed by atoms with E-state index in [2.05, 4.69) is 10.0 Å². The number of amides is 1. The number of rotatable bonds is 6. The maximum Gasteiger partial charge on any atom is 0.255 e. The zero-order chi connectivity index (χ0) is 19.4. The molecule has 1 amide bonds. The van der Waals surface area contributed by atoms with Crippen molar-refractivity contribution in [2.75, 3.05) is 18.5 Å². The van der Waals surface area contributed by atoms with Crippen LogP contribution in [0.25, 0.3) is 0 Å². The number of halogens is 1. The van der Waals surface area contributed by atoms with Crippen molar-refractivity contribution in [2.24, 2.45) is 0 Å². The van der Waals surface area contributed by atoms with Crippen LogP contribution in [0.4, 0.5) is 5.69 Å². The second-order valence-corrected chi connectivity index (χ2v) is 8.33. The van der Waals surface area contributed by atoms with E-state index >= 15 is 0 Å². The lowest BCUT2D eigenvalue weighted by Crippen LogP contribution is -2.31. The van der Waals surface area contributed by atoms with Crippen molar-refractivity contribution in [1.82, 2.24) is 4.72 Å². The third-order valence-electron chi connectivity index (χ3n) is 4.16. The molecule has 2 aromatic carbocycles. The van der Waals surface area contributed by atoms with E-state index in [1.807, 2.05) is 0 Å². The molecule has 3 N–H and O–H groups in total. The minimum atomic E-state index is -3.68. The Morgan fingerprint density at radius 1 is 1.22 bits per heavy atom. The van der Waals surface area contributed by atoms with Gasteiger partial charge in [0.05, 0.1) is 16.7 Å². The van der Waals surface area contributed by atoms with Gasteiger partial charge in [-0.3, -0.25) is 4.79 Å². The Morgan fingerprint density at radius 3 is 2.63 bits per heavy atom. The summed E-state index contributed by atoms with van der Waals surface area (Å²) >= 11 is 5.85. The Balaban J connectivity index is 1.66. The standard InChI is InChI=1S/C18H19ClN2O5S/c19-13-5-8-17(22)16(10-13)21-18(23)12-3-6-15(7-4-12)27(24,25)20-11-14-2-1-9-26-14/h3-8,10,14,20,22H,1-2,9,11H2,(H,21,23). The summed E-state index contributed by atoms with van der Waals surface area (Å²) in [4.78, 5) is 12.3. The minimum Gasteiger partial charge on any atom is -0.506 e. The van der Waals surface area contributed by atoms with E-state index in [4.69, 9.17) is 16.3 Å². The molecule has 2 aromatic rings. The fourth-order valence-electron chi connectivity index (χ4n) is 2.68. The van der Waals surface area contributed by atoms with Crippen molar-refractivity contribution in [3.8, 4) is 5.75 Å². The quantitative estimate of drug-likeness (QED) is 0.635. The molecule has 1 atom stereocenters. The van der Waals surface area contributed by atoms with Crippen LogP contribution < -0.4 is 10.0 Å². The number of carbonyl (C=O) groups excluding carboxylic acids is 1. The Bertz CT molecular complexity index is 925. The van der Waals surface area contributed by atoms with E-state index in [1.54, 1.807) is 0 Å². The summed E-state index contributed by atoms with van der Waals surface area (Å²) in [5, 5.41) is 12.7. The van der Waals surface area contributed by atoms with Gasteiger partial charge in [-0.15, -0.1) is 0 Å². The lowest BCUT2D eigenvalue weighted by atomic mass is 10.2. The first-order valence-electron chi connectivity index (χ1n) is 8.36. The molecule has 1 unspecified atom stereocenters. The molecule has 144 valence electrons. The average molecular weight is 411 g/mol. The molecule has 0 bridgehead atoms. The first kappa shape index (κ1) is 19.6. The Labute approximate surface area is 162 Å². The fourth-order valence-corrected chi connectivity index (χ4v) is 3.92. The van der Waals surface area contributed by atoms with Crippen LogP contribution in [-0.2, 0) is 14.8 Å². The monoisotopic (exact) mass is 410 g/mol. The highest BCUT2D eigenvalue weighted by molar-refractivity contribution is 7.89. The van der Waals surface area contributed by atoms with Gasteiger partial charge in [-0.25, -0.2) is 13.1 Å². The van der Waals surface area contributed by atoms with E-state index < -0.39 is 15.9 Å². The molecule has 9 heteroatoms. The van der Waals surface area contributed by atoms with Gasteiger partial charge in [-0.2, -0.15) is 0 Å². The highest BCUT2D eigenvalue weighted by Crippen LogP contribution is 2.27. The van der Waals surface area contributed by atoms with Gasteiger partial charge in [0.1, 0.15) is 5.75 Å². The van der Waals surface area contributed by atoms with Gasteiger partial charge < -0.3 is 15.2 Å². The number of carbonyl (C=O) groups is 1. The van der Waals surface area contributed by atoms with Crippen LogP contribution in [0.1, 0.15) is 23.2 Å². The number of benzene rings is 2. The number of aromatic hydroxyl groups is 1. The number of hydrogen-bond donors (Lipinski definition) is 3. The van der Waals surface area contributed by atoms with Crippen LogP contribution in [0, 0.1) is 0 Å². The molecule has 0 radical (unpaired) electrons. The second kappa shape index (κ2) is 8.26. The first-order valence-corrected chi connectivity index (χ1v) is 10.2. The van der Waals surface area contributed by atoms with Crippen molar-refractivity contribution in [1.29, 1.82) is 0 Å². The van der Waals surface area contributed by atoms with E-state index in [-0.39, 0.29) is 34.5 Å². The van der Waals surface area contributed by atoms with Gasteiger partial charge in [-0.1, -0.05) is 11.6 Å². The number of phenols is 1. The van der Waals surface area contributed by atoms with Gasteiger partial charge >= 0.3 is 0 Å². The summed E-state index contributed by atoms with van der Waals surface area (Å²) in [6.07, 6.45) is 1.66. The topological polar surface area (TPSA) is 105 Å². The number of sulfonamides is 1. The molecule has 27 heavy (non-hydrogen) atoms. The predicted molar refractivity (Wildman–Crippen MR) is 102 cm³/mol. The lowest BCUT2D eigenvalue weighted by Gasteiger charge is -2.12. The second-order valence-electron chi connectivity index (χ2n) is 6.13. The summed E-state index contributed by atoms with van der Waals surface area (Å²) in [5.41, 5.74) is 0.412. The van der Waals surface area contributed by atoms with Crippen LogP contribution in [0.3, 0.4) is 0 Å². The van der Waals surface area contributed by atoms with Crippen LogP contribution in [0.5, 0.6) is 5.75 Å². The van der Waals surface area contributed by atoms with Gasteiger partial charge in [-0.05, 0) is 55.3 Å². The summed E-state index contributed by atoms with van der Waals surface area (Å²) in [6.45, 7) is 0.872. The summed E-state index contributed by atoms with van der Waals surface area (Å²) < 4.78 is 32.6. The molecule has 1 fully saturated rings. The average Bonchev–Trinajstić information content (AvgIpc) is 3.17. The Hall–Kier alpha value is -2.13. The highest BCUT2D eigenvalue weighted by Gasteiger charge is 2.20. The normalized spacial score (nSPS) is 17.0. The molecular formula is C18H19ClN2O5S. The zero-order valence-electron chi connectivity index (χ0n) is 14.3. The molecular weight excluding hydrogens is 392 g/mol. The fraction of sp³-hybridized carbons (Fsp3) is 0.278. The molecule has 1 saturated heterocycles. The maximum absolute atomic E-state index is 12.3. The zero-order valence-corrected chi connectivity index (χ0v) is 15.9. The number of ether oxygens (including phenoxy) is 1. The van der Waals surface area contributed by atoms with Crippen molar-refractivity contribution in [3.05, 3.63) is 53.1 Å². The van der Waals surface area contributed by atoms with Crippen LogP contribution in [-0.4, -0.2) is 38.7 Å². The minimum absolute atomic E-state index is 0.0580. The van der Waals surface area contributed by atoms with E-state index in [9.17, 15) is 18.3 Å². The Morgan fingerprint density at radius 2 is 1.96 bits per heavy atom. The van der Waals surface area contributed by atoms with Gasteiger partial charge in [0.25, 0.3) is 5.91 Å². The predicted octanol–water partition coefficient (Wildman–Crippen LogP) is 2.76. The van der Waals surface area contributed by atoms with Crippen LogP contribution >= 0.6 is 11.6 Å². The molecule has 1 aliphatic rings. The summed E-state index contributed by atoms with van der Waals surface area (Å²) in [7, 11) is -3.68. The van der Waals surface area contributed by atoms with E-state index in [0.29, 0.717) is 11.6 Å². The molecule has 1 heterocycles. The number of hydrogen-bond acceptors (Lipinski definition) is 5. The van der Waals surface area contributed by atoms with Crippen LogP contribution in [0.15, 0.2) is 47.4 Å². The Kier molecular flexibility index (Phi) is 6.01. The van der Waals surface area contributed by atoms with Crippen molar-refractivity contribution < 1.29 is 23.1 Å². The number of phenolic OH excluding ortho intramolecular Hbond substituents is 1. The molecule has 0 saturated carbocycles. The summed E-state index contributed by atoms with van der Waals surface area (Å²) in [6, 6.07) is 9.79. The highest BCUT2D eigenvalue weighted by atomic mass is 35.5. The lowest BCUT2D eigenvalue weighted by molar-refractivity contribution is 0.102. The van der Waals surface area contributed by atoms with Crippen molar-refractivity contribution in [3.63, 3.8) is 0 Å². The van der Waals surface area contributed by atoms with Crippen molar-refractivity contribution in [2.45, 2.75) is 23.8 Å². The largest absolute Gasteiger partial charge is 0.506 e. The van der Waals surface area contributed by atoms with Crippen LogP contribution in [0.2, 0.25) is 5.02 Å². The molecule has 0 spiro atoms. The smallest absolute Gasteiger partial charge is 0.255 e. The van der Waals surface area contributed by atoms with E-state index in [1.165, 1.54) is 42.5 Å². The first-order chi connectivity index (χ1) is 12.8.